The second kappa shape index (κ2) is 9.72. The van der Waals surface area contributed by atoms with Gasteiger partial charge in [-0.1, -0.05) is 35.9 Å². The van der Waals surface area contributed by atoms with Crippen LogP contribution in [0.25, 0.3) is 15.7 Å². The summed E-state index contributed by atoms with van der Waals surface area (Å²) in [6.45, 7) is 10.4. The Bertz CT molecular complexity index is 1180. The molecule has 0 spiro atoms. The summed E-state index contributed by atoms with van der Waals surface area (Å²) in [6, 6.07) is 16.0. The predicted molar refractivity (Wildman–Crippen MR) is 131 cm³/mol. The largest absolute Gasteiger partial charge is 0.349 e. The van der Waals surface area contributed by atoms with Crippen LogP contribution < -0.4 is 5.32 Å². The third kappa shape index (κ3) is 4.91. The number of hydrogen-bond acceptors (Lipinski definition) is 3. The van der Waals surface area contributed by atoms with Gasteiger partial charge in [0.2, 0.25) is 0 Å². The molecule has 0 atom stereocenters. The minimum absolute atomic E-state index is 0.0189. The fraction of sp³-hybridized carbons (Fsp3) is 0.393. The van der Waals surface area contributed by atoms with Crippen molar-refractivity contribution in [2.24, 2.45) is 5.92 Å². The van der Waals surface area contributed by atoms with E-state index < -0.39 is 0 Å². The van der Waals surface area contributed by atoms with Gasteiger partial charge in [-0.15, -0.1) is 0 Å². The highest BCUT2D eigenvalue weighted by Crippen LogP contribution is 2.29. The number of nitrogens with zero attached hydrogens (tertiary/aromatic N) is 3. The summed E-state index contributed by atoms with van der Waals surface area (Å²) in [5, 5.41) is 4.19. The van der Waals surface area contributed by atoms with Gasteiger partial charge in [0.15, 0.2) is 5.69 Å². The molecule has 5 nitrogen and oxygen atoms in total. The number of aromatic nitrogens is 1. The first kappa shape index (κ1) is 21.6. The van der Waals surface area contributed by atoms with Gasteiger partial charge < -0.3 is 5.32 Å². The third-order valence-corrected chi connectivity index (χ3v) is 7.34. The second-order valence-electron chi connectivity index (χ2n) is 9.45. The molecule has 0 saturated heterocycles. The van der Waals surface area contributed by atoms with Crippen LogP contribution in [0.5, 0.6) is 0 Å². The fourth-order valence-corrected chi connectivity index (χ4v) is 5.38. The molecule has 1 amide bonds. The summed E-state index contributed by atoms with van der Waals surface area (Å²) in [5.74, 6) is 0.760. The molecule has 2 heterocycles. The molecule has 2 aliphatic rings. The molecule has 1 aliphatic heterocycles. The summed E-state index contributed by atoms with van der Waals surface area (Å²) >= 11 is 0. The Morgan fingerprint density at radius 2 is 1.97 bits per heavy atom. The Morgan fingerprint density at radius 1 is 1.09 bits per heavy atom. The van der Waals surface area contributed by atoms with E-state index in [1.165, 1.54) is 30.4 Å². The highest BCUT2D eigenvalue weighted by Gasteiger charge is 2.24. The molecule has 33 heavy (non-hydrogen) atoms. The number of rotatable bonds is 5. The van der Waals surface area contributed by atoms with Crippen molar-refractivity contribution in [3.05, 3.63) is 82.8 Å². The maximum Gasteiger partial charge on any atom is 0.252 e. The van der Waals surface area contributed by atoms with Crippen molar-refractivity contribution in [3.63, 3.8) is 0 Å². The number of carbonyl (C=O) groups is 1. The van der Waals surface area contributed by atoms with Gasteiger partial charge in [-0.2, -0.15) is 0 Å². The van der Waals surface area contributed by atoms with Gasteiger partial charge in [0, 0.05) is 36.3 Å². The average molecular weight is 439 g/mol. The van der Waals surface area contributed by atoms with Crippen molar-refractivity contribution in [1.82, 2.24) is 15.2 Å². The number of pyridine rings is 1. The van der Waals surface area contributed by atoms with Gasteiger partial charge in [0.25, 0.3) is 5.91 Å². The zero-order valence-electron chi connectivity index (χ0n) is 19.0. The van der Waals surface area contributed by atoms with Crippen LogP contribution in [0.1, 0.15) is 53.6 Å². The number of fused-ring (bicyclic) bond motifs is 2. The van der Waals surface area contributed by atoms with E-state index in [1.54, 1.807) is 6.20 Å². The Balaban J connectivity index is 1.09. The summed E-state index contributed by atoms with van der Waals surface area (Å²) in [7, 11) is 0. The van der Waals surface area contributed by atoms with E-state index in [1.807, 2.05) is 36.4 Å². The molecule has 5 heteroatoms. The lowest BCUT2D eigenvalue weighted by atomic mass is 9.83. The van der Waals surface area contributed by atoms with Crippen LogP contribution in [0.15, 0.2) is 54.7 Å². The number of amides is 1. The number of nitrogens with one attached hydrogen (secondary N) is 1. The summed E-state index contributed by atoms with van der Waals surface area (Å²) in [5.41, 5.74) is 5.06. The van der Waals surface area contributed by atoms with Crippen molar-refractivity contribution >= 4 is 22.5 Å². The molecule has 3 aromatic rings. The molecular formula is C28H30N4O. The summed E-state index contributed by atoms with van der Waals surface area (Å²) in [6.07, 6.45) is 8.51. The van der Waals surface area contributed by atoms with E-state index in [9.17, 15) is 4.79 Å². The van der Waals surface area contributed by atoms with E-state index in [0.29, 0.717) is 0 Å². The van der Waals surface area contributed by atoms with Crippen molar-refractivity contribution in [2.45, 2.75) is 51.1 Å². The molecular weight excluding hydrogens is 408 g/mol. The number of benzene rings is 2. The molecule has 5 rings (SSSR count). The van der Waals surface area contributed by atoms with Crippen LogP contribution in [0, 0.1) is 12.5 Å². The van der Waals surface area contributed by atoms with E-state index >= 15 is 0 Å². The van der Waals surface area contributed by atoms with Gasteiger partial charge in [-0.3, -0.25) is 14.7 Å². The SMILES string of the molecule is [C-]#[N+]c1ccc2c(c1)CCN(CCC1CCC(NC(=O)c3cccc4ncccc34)CC1)C2. The van der Waals surface area contributed by atoms with Crippen molar-refractivity contribution in [1.29, 1.82) is 0 Å². The Labute approximate surface area is 195 Å². The lowest BCUT2D eigenvalue weighted by molar-refractivity contribution is 0.0921. The van der Waals surface area contributed by atoms with E-state index in [4.69, 9.17) is 6.57 Å². The van der Waals surface area contributed by atoms with Crippen LogP contribution >= 0.6 is 0 Å². The van der Waals surface area contributed by atoms with Crippen molar-refractivity contribution < 1.29 is 4.79 Å². The number of carbonyl (C=O) groups excluding carboxylic acids is 1. The van der Waals surface area contributed by atoms with Gasteiger partial charge >= 0.3 is 0 Å². The molecule has 0 radical (unpaired) electrons. The zero-order valence-corrected chi connectivity index (χ0v) is 19.0. The average Bonchev–Trinajstić information content (AvgIpc) is 2.87. The van der Waals surface area contributed by atoms with Gasteiger partial charge in [0.05, 0.1) is 12.1 Å². The quantitative estimate of drug-likeness (QED) is 0.534. The summed E-state index contributed by atoms with van der Waals surface area (Å²) < 4.78 is 0. The highest BCUT2D eigenvalue weighted by molar-refractivity contribution is 6.06. The van der Waals surface area contributed by atoms with E-state index in [-0.39, 0.29) is 11.9 Å². The Morgan fingerprint density at radius 3 is 2.82 bits per heavy atom. The minimum Gasteiger partial charge on any atom is -0.349 e. The molecule has 1 N–H and O–H groups in total. The molecule has 0 unspecified atom stereocenters. The predicted octanol–water partition coefficient (Wildman–Crippen LogP) is 5.52. The molecule has 0 bridgehead atoms. The second-order valence-corrected chi connectivity index (χ2v) is 9.45. The zero-order chi connectivity index (χ0) is 22.6. The molecule has 1 fully saturated rings. The van der Waals surface area contributed by atoms with Crippen LogP contribution in [-0.2, 0) is 13.0 Å². The van der Waals surface area contributed by atoms with Gasteiger partial charge in [-0.05, 0) is 74.8 Å². The fourth-order valence-electron chi connectivity index (χ4n) is 5.38. The highest BCUT2D eigenvalue weighted by atomic mass is 16.1. The maximum atomic E-state index is 12.9. The molecule has 1 saturated carbocycles. The molecule has 168 valence electrons. The van der Waals surface area contributed by atoms with Crippen LogP contribution in [0.2, 0.25) is 0 Å². The first-order valence-electron chi connectivity index (χ1n) is 12.1. The van der Waals surface area contributed by atoms with Crippen LogP contribution in [0.4, 0.5) is 5.69 Å². The van der Waals surface area contributed by atoms with Gasteiger partial charge in [-0.25, -0.2) is 4.85 Å². The first-order chi connectivity index (χ1) is 16.2. The summed E-state index contributed by atoms with van der Waals surface area (Å²) in [4.78, 5) is 23.4. The Kier molecular flexibility index (Phi) is 6.37. The monoisotopic (exact) mass is 438 g/mol. The first-order valence-corrected chi connectivity index (χ1v) is 12.1. The number of hydrogen-bond donors (Lipinski definition) is 1. The van der Waals surface area contributed by atoms with E-state index in [0.717, 1.165) is 67.0 Å². The third-order valence-electron chi connectivity index (χ3n) is 7.34. The lowest BCUT2D eigenvalue weighted by Crippen LogP contribution is -2.38. The lowest BCUT2D eigenvalue weighted by Gasteiger charge is -2.33. The normalized spacial score (nSPS) is 20.7. The maximum absolute atomic E-state index is 12.9. The van der Waals surface area contributed by atoms with Crippen LogP contribution in [0.3, 0.4) is 0 Å². The minimum atomic E-state index is 0.0189. The standard InChI is InChI=1S/C28H30N4O/c1-29-24-12-9-22-19-32(17-14-21(22)18-24)16-13-20-7-10-23(11-8-20)31-28(33)26-4-2-6-27-25(26)5-3-15-30-27/h2-6,9,12,15,18,20,23H,7-8,10-11,13-14,16-17,19H2,(H,31,33). The van der Waals surface area contributed by atoms with Crippen molar-refractivity contribution in [2.75, 3.05) is 13.1 Å². The van der Waals surface area contributed by atoms with Crippen molar-refractivity contribution in [3.8, 4) is 0 Å². The van der Waals surface area contributed by atoms with E-state index in [2.05, 4.69) is 32.2 Å². The van der Waals surface area contributed by atoms with Crippen LogP contribution in [-0.4, -0.2) is 34.9 Å². The molecule has 2 aromatic carbocycles. The molecule has 1 aromatic heterocycles. The van der Waals surface area contributed by atoms with Gasteiger partial charge in [0.1, 0.15) is 0 Å². The smallest absolute Gasteiger partial charge is 0.252 e. The Hall–Kier alpha value is -3.23. The topological polar surface area (TPSA) is 49.6 Å². The molecule has 1 aliphatic carbocycles.